The summed E-state index contributed by atoms with van der Waals surface area (Å²) in [5.41, 5.74) is 4.22. The van der Waals surface area contributed by atoms with Gasteiger partial charge in [0.15, 0.2) is 0 Å². The number of rotatable bonds is 2. The molecule has 2 heterocycles. The maximum atomic E-state index is 13.2. The molecule has 0 saturated heterocycles. The molecule has 0 aliphatic carbocycles. The lowest BCUT2D eigenvalue weighted by Crippen LogP contribution is -2.11. The summed E-state index contributed by atoms with van der Waals surface area (Å²) in [6, 6.07) is 10.0. The van der Waals surface area contributed by atoms with E-state index in [1.807, 2.05) is 26.8 Å². The van der Waals surface area contributed by atoms with Crippen LogP contribution in [0, 0.1) is 12.7 Å². The molecule has 2 aromatic carbocycles. The van der Waals surface area contributed by atoms with Gasteiger partial charge in [0.25, 0.3) is 0 Å². The van der Waals surface area contributed by atoms with Gasteiger partial charge in [0, 0.05) is 28.0 Å². The second-order valence-corrected chi connectivity index (χ2v) is 6.58. The van der Waals surface area contributed by atoms with Crippen LogP contribution in [0.1, 0.15) is 30.9 Å². The van der Waals surface area contributed by atoms with Crippen LogP contribution >= 0.6 is 0 Å². The van der Waals surface area contributed by atoms with E-state index in [0.717, 1.165) is 27.5 Å². The van der Waals surface area contributed by atoms with Gasteiger partial charge in [-0.1, -0.05) is 26.0 Å². The Morgan fingerprint density at radius 2 is 1.72 bits per heavy atom. The molecule has 4 rings (SSSR count). The third kappa shape index (κ3) is 2.45. The van der Waals surface area contributed by atoms with E-state index in [-0.39, 0.29) is 17.4 Å². The van der Waals surface area contributed by atoms with Crippen molar-refractivity contribution >= 4 is 21.9 Å². The molecule has 0 N–H and O–H groups in total. The summed E-state index contributed by atoms with van der Waals surface area (Å²) in [5.74, 6) is -0.196. The summed E-state index contributed by atoms with van der Waals surface area (Å²) < 4.78 is 24.3. The highest BCUT2D eigenvalue weighted by molar-refractivity contribution is 6.02. The molecule has 0 atom stereocenters. The summed E-state index contributed by atoms with van der Waals surface area (Å²) in [7, 11) is 0. The Morgan fingerprint density at radius 1 is 1.00 bits per heavy atom. The minimum atomic E-state index is -0.301. The molecule has 0 spiro atoms. The molecular formula is C21H17FO3. The number of furan rings is 1. The maximum Gasteiger partial charge on any atom is 0.339 e. The molecule has 0 aliphatic rings. The monoisotopic (exact) mass is 336 g/mol. The number of hydrogen-bond donors (Lipinski definition) is 0. The second kappa shape index (κ2) is 5.59. The summed E-state index contributed by atoms with van der Waals surface area (Å²) in [6.45, 7) is 5.90. The fourth-order valence-electron chi connectivity index (χ4n) is 3.41. The Morgan fingerprint density at radius 3 is 2.40 bits per heavy atom. The summed E-state index contributed by atoms with van der Waals surface area (Å²) in [6.07, 6.45) is 1.65. The van der Waals surface area contributed by atoms with Crippen molar-refractivity contribution in [3.63, 3.8) is 0 Å². The first-order chi connectivity index (χ1) is 12.0. The van der Waals surface area contributed by atoms with Crippen molar-refractivity contribution in [1.29, 1.82) is 0 Å². The number of aryl methyl sites for hydroxylation is 1. The fraction of sp³-hybridized carbons (Fsp3) is 0.190. The molecular weight excluding hydrogens is 319 g/mol. The summed E-state index contributed by atoms with van der Waals surface area (Å²) in [4.78, 5) is 12.3. The number of hydrogen-bond acceptors (Lipinski definition) is 3. The molecule has 0 bridgehead atoms. The van der Waals surface area contributed by atoms with E-state index in [1.165, 1.54) is 12.1 Å². The van der Waals surface area contributed by atoms with E-state index >= 15 is 0 Å². The molecule has 4 heteroatoms. The highest BCUT2D eigenvalue weighted by atomic mass is 19.1. The fourth-order valence-corrected chi connectivity index (χ4v) is 3.41. The van der Waals surface area contributed by atoms with Crippen molar-refractivity contribution in [2.75, 3.05) is 0 Å². The van der Waals surface area contributed by atoms with Crippen LogP contribution in [0.15, 0.2) is 56.3 Å². The van der Waals surface area contributed by atoms with Gasteiger partial charge in [-0.3, -0.25) is 0 Å². The average Bonchev–Trinajstić information content (AvgIpc) is 2.96. The molecule has 2 aromatic heterocycles. The van der Waals surface area contributed by atoms with Crippen LogP contribution < -0.4 is 5.63 Å². The summed E-state index contributed by atoms with van der Waals surface area (Å²) in [5, 5.41) is 1.80. The first-order valence-corrected chi connectivity index (χ1v) is 8.20. The van der Waals surface area contributed by atoms with Crippen LogP contribution in [0.2, 0.25) is 0 Å². The number of halogens is 1. The van der Waals surface area contributed by atoms with Crippen LogP contribution in [0.5, 0.6) is 0 Å². The minimum Gasteiger partial charge on any atom is -0.464 e. The Bertz CT molecular complexity index is 1150. The Kier molecular flexibility index (Phi) is 3.49. The first kappa shape index (κ1) is 15.6. The third-order valence-corrected chi connectivity index (χ3v) is 4.64. The van der Waals surface area contributed by atoms with Gasteiger partial charge in [-0.25, -0.2) is 9.18 Å². The molecule has 25 heavy (non-hydrogen) atoms. The zero-order valence-electron chi connectivity index (χ0n) is 14.2. The lowest BCUT2D eigenvalue weighted by Gasteiger charge is -2.10. The van der Waals surface area contributed by atoms with E-state index in [1.54, 1.807) is 24.5 Å². The molecule has 0 aliphatic heterocycles. The first-order valence-electron chi connectivity index (χ1n) is 8.20. The molecule has 0 radical (unpaired) electrons. The molecule has 4 aromatic rings. The van der Waals surface area contributed by atoms with Crippen LogP contribution in [0.4, 0.5) is 4.39 Å². The second-order valence-electron chi connectivity index (χ2n) is 6.58. The zero-order chi connectivity index (χ0) is 17.7. The molecule has 0 unspecified atom stereocenters. The standard InChI is InChI=1S/C21H17FO3/c1-11(2)20-12(3)15-8-16-17(13-4-6-14(22)7-5-13)10-24-18(16)9-19(15)25-21(20)23/h4-11H,1-3H3. The Balaban J connectivity index is 2.03. The smallest absolute Gasteiger partial charge is 0.339 e. The highest BCUT2D eigenvalue weighted by Crippen LogP contribution is 2.35. The van der Waals surface area contributed by atoms with E-state index < -0.39 is 0 Å². The van der Waals surface area contributed by atoms with Crippen molar-refractivity contribution < 1.29 is 13.2 Å². The van der Waals surface area contributed by atoms with Crippen LogP contribution in [0.3, 0.4) is 0 Å². The normalized spacial score (nSPS) is 11.7. The van der Waals surface area contributed by atoms with Crippen molar-refractivity contribution in [3.8, 4) is 11.1 Å². The predicted molar refractivity (Wildman–Crippen MR) is 96.5 cm³/mol. The van der Waals surface area contributed by atoms with E-state index in [2.05, 4.69) is 0 Å². The quantitative estimate of drug-likeness (QED) is 0.436. The van der Waals surface area contributed by atoms with E-state index in [0.29, 0.717) is 16.7 Å². The van der Waals surface area contributed by atoms with Gasteiger partial charge in [-0.15, -0.1) is 0 Å². The van der Waals surface area contributed by atoms with Crippen LogP contribution in [0.25, 0.3) is 33.1 Å². The molecule has 0 amide bonds. The molecule has 0 saturated carbocycles. The Hall–Kier alpha value is -2.88. The van der Waals surface area contributed by atoms with E-state index in [9.17, 15) is 9.18 Å². The largest absolute Gasteiger partial charge is 0.464 e. The van der Waals surface area contributed by atoms with E-state index in [4.69, 9.17) is 8.83 Å². The van der Waals surface area contributed by atoms with Crippen molar-refractivity contribution in [2.45, 2.75) is 26.7 Å². The SMILES string of the molecule is Cc1c(C(C)C)c(=O)oc2cc3occ(-c4ccc(F)cc4)c3cc12. The van der Waals surface area contributed by atoms with Gasteiger partial charge < -0.3 is 8.83 Å². The minimum absolute atomic E-state index is 0.0808. The van der Waals surface area contributed by atoms with Gasteiger partial charge in [0.05, 0.1) is 6.26 Å². The predicted octanol–water partition coefficient (Wildman–Crippen LogP) is 5.78. The van der Waals surface area contributed by atoms with Gasteiger partial charge in [-0.2, -0.15) is 0 Å². The molecule has 126 valence electrons. The zero-order valence-corrected chi connectivity index (χ0v) is 14.2. The number of benzene rings is 2. The molecule has 3 nitrogen and oxygen atoms in total. The average molecular weight is 336 g/mol. The highest BCUT2D eigenvalue weighted by Gasteiger charge is 2.17. The van der Waals surface area contributed by atoms with Gasteiger partial charge >= 0.3 is 5.63 Å². The maximum absolute atomic E-state index is 13.2. The van der Waals surface area contributed by atoms with Crippen molar-refractivity contribution in [1.82, 2.24) is 0 Å². The topological polar surface area (TPSA) is 43.4 Å². The van der Waals surface area contributed by atoms with Crippen molar-refractivity contribution in [2.24, 2.45) is 0 Å². The molecule has 0 fully saturated rings. The Labute approximate surface area is 143 Å². The van der Waals surface area contributed by atoms with Gasteiger partial charge in [0.2, 0.25) is 0 Å². The summed E-state index contributed by atoms with van der Waals surface area (Å²) >= 11 is 0. The number of fused-ring (bicyclic) bond motifs is 2. The third-order valence-electron chi connectivity index (χ3n) is 4.64. The van der Waals surface area contributed by atoms with Crippen LogP contribution in [-0.2, 0) is 0 Å². The van der Waals surface area contributed by atoms with Crippen LogP contribution in [-0.4, -0.2) is 0 Å². The van der Waals surface area contributed by atoms with Gasteiger partial charge in [-0.05, 0) is 42.2 Å². The lowest BCUT2D eigenvalue weighted by atomic mass is 9.96. The van der Waals surface area contributed by atoms with Gasteiger partial charge in [0.1, 0.15) is 17.0 Å². The van der Waals surface area contributed by atoms with Crippen molar-refractivity contribution in [3.05, 3.63) is 70.0 Å². The lowest BCUT2D eigenvalue weighted by molar-refractivity contribution is 0.541.